The van der Waals surface area contributed by atoms with Gasteiger partial charge in [-0.15, -0.1) is 0 Å². The summed E-state index contributed by atoms with van der Waals surface area (Å²) < 4.78 is 6.57. The molecule has 2 nitrogen and oxygen atoms in total. The number of hydrogen-bond donors (Lipinski definition) is 0. The van der Waals surface area contributed by atoms with Gasteiger partial charge in [-0.3, -0.25) is 0 Å². The molecule has 0 fully saturated rings. The SMILES string of the molecule is CC1(C)c2ccccc2-c2c(N(c3ccc(-c4cccc5ccc6c7ccccc7oc6c45)cc3)c3ccccc3-c3cccc4ccccc34)cccc21. The fraction of sp³-hybridized carbons (Fsp3) is 0.0566. The van der Waals surface area contributed by atoms with Crippen molar-refractivity contribution in [3.8, 4) is 33.4 Å². The highest BCUT2D eigenvalue weighted by atomic mass is 16.3. The smallest absolute Gasteiger partial charge is 0.143 e. The average Bonchev–Trinajstić information content (AvgIpc) is 3.73. The predicted molar refractivity (Wildman–Crippen MR) is 232 cm³/mol. The van der Waals surface area contributed by atoms with Crippen LogP contribution in [0.2, 0.25) is 0 Å². The Kier molecular flexibility index (Phi) is 6.93. The molecule has 11 rings (SSSR count). The van der Waals surface area contributed by atoms with E-state index in [-0.39, 0.29) is 5.41 Å². The lowest BCUT2D eigenvalue weighted by molar-refractivity contribution is 0.660. The number of anilines is 3. The van der Waals surface area contributed by atoms with E-state index in [0.29, 0.717) is 0 Å². The number of rotatable bonds is 5. The second-order valence-corrected chi connectivity index (χ2v) is 15.2. The van der Waals surface area contributed by atoms with Crippen LogP contribution >= 0.6 is 0 Å². The Morgan fingerprint density at radius 2 is 1.04 bits per heavy atom. The van der Waals surface area contributed by atoms with E-state index in [9.17, 15) is 0 Å². The molecule has 2 heteroatoms. The van der Waals surface area contributed by atoms with Crippen molar-refractivity contribution in [3.63, 3.8) is 0 Å². The molecule has 0 amide bonds. The summed E-state index contributed by atoms with van der Waals surface area (Å²) in [6, 6.07) is 68.4. The van der Waals surface area contributed by atoms with Gasteiger partial charge in [0.2, 0.25) is 0 Å². The molecule has 0 bridgehead atoms. The minimum Gasteiger partial charge on any atom is -0.455 e. The highest BCUT2D eigenvalue weighted by Crippen LogP contribution is 2.55. The Morgan fingerprint density at radius 1 is 0.418 bits per heavy atom. The molecule has 0 unspecified atom stereocenters. The summed E-state index contributed by atoms with van der Waals surface area (Å²) >= 11 is 0. The van der Waals surface area contributed by atoms with Gasteiger partial charge in [0.25, 0.3) is 0 Å². The van der Waals surface area contributed by atoms with Gasteiger partial charge in [0.1, 0.15) is 11.2 Å². The molecule has 1 heterocycles. The van der Waals surface area contributed by atoms with E-state index >= 15 is 0 Å². The minimum atomic E-state index is -0.122. The summed E-state index contributed by atoms with van der Waals surface area (Å²) in [5.74, 6) is 0. The van der Waals surface area contributed by atoms with Crippen LogP contribution in [0.4, 0.5) is 17.1 Å². The Balaban J connectivity index is 1.14. The molecule has 55 heavy (non-hydrogen) atoms. The Morgan fingerprint density at radius 3 is 1.91 bits per heavy atom. The van der Waals surface area contributed by atoms with E-state index in [4.69, 9.17) is 4.42 Å². The minimum absolute atomic E-state index is 0.122. The lowest BCUT2D eigenvalue weighted by Crippen LogP contribution is -2.16. The largest absolute Gasteiger partial charge is 0.455 e. The molecule has 0 N–H and O–H groups in total. The van der Waals surface area contributed by atoms with Gasteiger partial charge in [0, 0.05) is 38.4 Å². The predicted octanol–water partition coefficient (Wildman–Crippen LogP) is 15.0. The number of nitrogens with zero attached hydrogens (tertiary/aromatic N) is 1. The van der Waals surface area contributed by atoms with Gasteiger partial charge in [-0.1, -0.05) is 166 Å². The monoisotopic (exact) mass is 703 g/mol. The quantitative estimate of drug-likeness (QED) is 0.177. The third kappa shape index (κ3) is 4.74. The van der Waals surface area contributed by atoms with Gasteiger partial charge in [-0.25, -0.2) is 0 Å². The molecule has 0 atom stereocenters. The number of fused-ring (bicyclic) bond motifs is 9. The van der Waals surface area contributed by atoms with Crippen LogP contribution in [0.3, 0.4) is 0 Å². The number of benzene rings is 9. The molecule has 9 aromatic carbocycles. The Hall–Kier alpha value is -6.90. The van der Waals surface area contributed by atoms with Crippen LogP contribution in [0.25, 0.3) is 76.9 Å². The molecule has 0 aliphatic heterocycles. The summed E-state index contributed by atoms with van der Waals surface area (Å²) in [5, 5.41) is 7.07. The van der Waals surface area contributed by atoms with Crippen molar-refractivity contribution in [3.05, 3.63) is 199 Å². The zero-order valence-corrected chi connectivity index (χ0v) is 30.8. The number of furan rings is 1. The first-order valence-corrected chi connectivity index (χ1v) is 19.1. The van der Waals surface area contributed by atoms with Crippen LogP contribution in [-0.2, 0) is 5.41 Å². The molecule has 10 aromatic rings. The molecule has 1 aliphatic carbocycles. The van der Waals surface area contributed by atoms with Gasteiger partial charge in [-0.05, 0) is 85.9 Å². The van der Waals surface area contributed by atoms with Crippen molar-refractivity contribution in [1.82, 2.24) is 0 Å². The van der Waals surface area contributed by atoms with Crippen molar-refractivity contribution >= 4 is 60.5 Å². The van der Waals surface area contributed by atoms with Crippen LogP contribution in [0.15, 0.2) is 192 Å². The Bertz CT molecular complexity index is 3120. The second kappa shape index (κ2) is 12.1. The van der Waals surface area contributed by atoms with Gasteiger partial charge < -0.3 is 9.32 Å². The highest BCUT2D eigenvalue weighted by Gasteiger charge is 2.38. The average molecular weight is 704 g/mol. The molecule has 1 aliphatic rings. The zero-order valence-electron chi connectivity index (χ0n) is 30.8. The third-order valence-electron chi connectivity index (χ3n) is 11.9. The molecule has 260 valence electrons. The zero-order chi connectivity index (χ0) is 36.7. The fourth-order valence-corrected chi connectivity index (χ4v) is 9.27. The van der Waals surface area contributed by atoms with Gasteiger partial charge in [0.15, 0.2) is 0 Å². The van der Waals surface area contributed by atoms with Gasteiger partial charge >= 0.3 is 0 Å². The standard InChI is InChI=1S/C53H37NO/c1-53(2)45-23-8-5-20-44(45)51-46(53)24-13-26-48(51)54(47-25-9-6-18-41(47)40-22-11-15-34-14-3-4-17-38(34)40)37-31-28-35(29-32-37)39-21-12-16-36-30-33-43-42-19-7-10-27-49(42)55-52(43)50(36)39/h3-33H,1-2H3. The van der Waals surface area contributed by atoms with E-state index in [1.54, 1.807) is 0 Å². The lowest BCUT2D eigenvalue weighted by Gasteiger charge is -2.31. The van der Waals surface area contributed by atoms with Crippen LogP contribution in [0, 0.1) is 0 Å². The fourth-order valence-electron chi connectivity index (χ4n) is 9.27. The van der Waals surface area contributed by atoms with Crippen molar-refractivity contribution in [2.75, 3.05) is 4.90 Å². The first kappa shape index (κ1) is 31.6. The van der Waals surface area contributed by atoms with Crippen molar-refractivity contribution in [2.45, 2.75) is 19.3 Å². The molecule has 1 aromatic heterocycles. The van der Waals surface area contributed by atoms with Crippen molar-refractivity contribution in [2.24, 2.45) is 0 Å². The number of hydrogen-bond acceptors (Lipinski definition) is 2. The summed E-state index contributed by atoms with van der Waals surface area (Å²) in [6.45, 7) is 4.71. The Labute approximate surface area is 320 Å². The maximum absolute atomic E-state index is 6.57. The van der Waals surface area contributed by atoms with Crippen molar-refractivity contribution in [1.29, 1.82) is 0 Å². The van der Waals surface area contributed by atoms with E-state index in [2.05, 4.69) is 201 Å². The van der Waals surface area contributed by atoms with Crippen LogP contribution < -0.4 is 4.90 Å². The second-order valence-electron chi connectivity index (χ2n) is 15.2. The maximum atomic E-state index is 6.57. The first-order valence-electron chi connectivity index (χ1n) is 19.1. The van der Waals surface area contributed by atoms with Crippen LogP contribution in [-0.4, -0.2) is 0 Å². The normalized spacial score (nSPS) is 13.1. The summed E-state index contributed by atoms with van der Waals surface area (Å²) in [5.41, 5.74) is 15.1. The lowest BCUT2D eigenvalue weighted by atomic mass is 9.82. The maximum Gasteiger partial charge on any atom is 0.143 e. The van der Waals surface area contributed by atoms with E-state index in [1.165, 1.54) is 55.2 Å². The molecular formula is C53H37NO. The summed E-state index contributed by atoms with van der Waals surface area (Å²) in [6.07, 6.45) is 0. The van der Waals surface area contributed by atoms with Crippen LogP contribution in [0.5, 0.6) is 0 Å². The highest BCUT2D eigenvalue weighted by molar-refractivity contribution is 6.19. The van der Waals surface area contributed by atoms with Gasteiger partial charge in [-0.2, -0.15) is 0 Å². The molecular weight excluding hydrogens is 667 g/mol. The summed E-state index contributed by atoms with van der Waals surface area (Å²) in [7, 11) is 0. The van der Waals surface area contributed by atoms with Gasteiger partial charge in [0.05, 0.1) is 11.4 Å². The van der Waals surface area contributed by atoms with Crippen molar-refractivity contribution < 1.29 is 4.42 Å². The number of para-hydroxylation sites is 2. The molecule has 0 saturated carbocycles. The van der Waals surface area contributed by atoms with Crippen LogP contribution in [0.1, 0.15) is 25.0 Å². The molecule has 0 saturated heterocycles. The molecule has 0 radical (unpaired) electrons. The van der Waals surface area contributed by atoms with E-state index in [0.717, 1.165) is 49.8 Å². The summed E-state index contributed by atoms with van der Waals surface area (Å²) in [4.78, 5) is 2.48. The first-order chi connectivity index (χ1) is 27.1. The van der Waals surface area contributed by atoms with E-state index in [1.807, 2.05) is 6.07 Å². The van der Waals surface area contributed by atoms with E-state index < -0.39 is 0 Å². The topological polar surface area (TPSA) is 16.4 Å². The third-order valence-corrected chi connectivity index (χ3v) is 11.9. The molecule has 0 spiro atoms.